The van der Waals surface area contributed by atoms with Crippen molar-refractivity contribution in [3.05, 3.63) is 106 Å². The first-order chi connectivity index (χ1) is 16.3. The monoisotopic (exact) mass is 476 g/mol. The third-order valence-corrected chi connectivity index (χ3v) is 5.95. The molecule has 3 aromatic rings. The molecule has 1 N–H and O–H groups in total. The van der Waals surface area contributed by atoms with Crippen molar-refractivity contribution in [3.63, 3.8) is 0 Å². The van der Waals surface area contributed by atoms with E-state index in [2.05, 4.69) is 19.2 Å². The highest BCUT2D eigenvalue weighted by molar-refractivity contribution is 6.30. The van der Waals surface area contributed by atoms with E-state index in [0.717, 1.165) is 22.3 Å². The number of aryl methyl sites for hydroxylation is 1. The molecule has 1 unspecified atom stereocenters. The lowest BCUT2D eigenvalue weighted by Crippen LogP contribution is -2.51. The molecule has 5 heteroatoms. The van der Waals surface area contributed by atoms with Gasteiger partial charge in [-0.2, -0.15) is 0 Å². The van der Waals surface area contributed by atoms with Crippen LogP contribution in [0.15, 0.2) is 78.9 Å². The summed E-state index contributed by atoms with van der Waals surface area (Å²) < 4.78 is 0. The normalized spacial score (nSPS) is 11.8. The number of nitrogens with zero attached hydrogens (tertiary/aromatic N) is 1. The second kappa shape index (κ2) is 12.4. The number of carbonyl (C=O) groups excluding carboxylic acids is 2. The van der Waals surface area contributed by atoms with E-state index in [-0.39, 0.29) is 18.2 Å². The molecule has 0 bridgehead atoms. The minimum absolute atomic E-state index is 0.0940. The Bertz CT molecular complexity index is 1060. The Morgan fingerprint density at radius 1 is 0.853 bits per heavy atom. The van der Waals surface area contributed by atoms with Gasteiger partial charge >= 0.3 is 0 Å². The van der Waals surface area contributed by atoms with Crippen LogP contribution in [0.5, 0.6) is 0 Å². The number of hydrogen-bond acceptors (Lipinski definition) is 2. The van der Waals surface area contributed by atoms with E-state index in [1.54, 1.807) is 17.0 Å². The van der Waals surface area contributed by atoms with Crippen LogP contribution in [-0.4, -0.2) is 29.3 Å². The molecule has 0 fully saturated rings. The highest BCUT2D eigenvalue weighted by atomic mass is 35.5. The fourth-order valence-corrected chi connectivity index (χ4v) is 3.87. The first-order valence-electron chi connectivity index (χ1n) is 11.7. The van der Waals surface area contributed by atoms with E-state index in [1.165, 1.54) is 0 Å². The van der Waals surface area contributed by atoms with E-state index in [9.17, 15) is 9.59 Å². The van der Waals surface area contributed by atoms with E-state index < -0.39 is 6.04 Å². The van der Waals surface area contributed by atoms with Gasteiger partial charge in [0.05, 0.1) is 6.42 Å². The predicted molar refractivity (Wildman–Crippen MR) is 139 cm³/mol. The molecule has 0 aliphatic heterocycles. The second-order valence-electron chi connectivity index (χ2n) is 9.16. The highest BCUT2D eigenvalue weighted by Gasteiger charge is 2.30. The molecule has 3 rings (SSSR count). The van der Waals surface area contributed by atoms with Crippen LogP contribution < -0.4 is 5.32 Å². The summed E-state index contributed by atoms with van der Waals surface area (Å²) in [6.07, 6.45) is 0.648. The minimum Gasteiger partial charge on any atom is -0.354 e. The standard InChI is InChI=1S/C29H33ClN2O2/c1-21(2)19-31-29(34)27(17-23-7-5-4-6-8-23)32(20-25-11-9-22(3)10-12-25)28(33)18-24-13-15-26(30)16-14-24/h4-16,21,27H,17-20H2,1-3H3,(H,31,34). The third kappa shape index (κ3) is 7.74. The summed E-state index contributed by atoms with van der Waals surface area (Å²) in [5, 5.41) is 3.68. The van der Waals surface area contributed by atoms with Gasteiger partial charge in [0.15, 0.2) is 0 Å². The largest absolute Gasteiger partial charge is 0.354 e. The van der Waals surface area contributed by atoms with Gasteiger partial charge in [-0.15, -0.1) is 0 Å². The van der Waals surface area contributed by atoms with Crippen LogP contribution in [0.25, 0.3) is 0 Å². The van der Waals surface area contributed by atoms with E-state index >= 15 is 0 Å². The van der Waals surface area contributed by atoms with Crippen LogP contribution >= 0.6 is 11.6 Å². The summed E-state index contributed by atoms with van der Waals surface area (Å²) in [5.74, 6) is 0.0919. The molecule has 0 heterocycles. The molecular weight excluding hydrogens is 444 g/mol. The third-order valence-electron chi connectivity index (χ3n) is 5.70. The lowest BCUT2D eigenvalue weighted by molar-refractivity contribution is -0.140. The maximum Gasteiger partial charge on any atom is 0.243 e. The van der Waals surface area contributed by atoms with Crippen molar-refractivity contribution in [3.8, 4) is 0 Å². The number of benzene rings is 3. The Morgan fingerprint density at radius 2 is 1.47 bits per heavy atom. The van der Waals surface area contributed by atoms with Gasteiger partial charge in [0, 0.05) is 24.5 Å². The maximum absolute atomic E-state index is 13.7. The first-order valence-corrected chi connectivity index (χ1v) is 12.1. The molecule has 2 amide bonds. The summed E-state index contributed by atoms with van der Waals surface area (Å²) in [6.45, 7) is 7.07. The van der Waals surface area contributed by atoms with Gasteiger partial charge in [-0.25, -0.2) is 0 Å². The van der Waals surface area contributed by atoms with Crippen molar-refractivity contribution < 1.29 is 9.59 Å². The SMILES string of the molecule is Cc1ccc(CN(C(=O)Cc2ccc(Cl)cc2)C(Cc2ccccc2)C(=O)NCC(C)C)cc1. The van der Waals surface area contributed by atoms with E-state index in [4.69, 9.17) is 11.6 Å². The second-order valence-corrected chi connectivity index (χ2v) is 9.59. The molecule has 0 aliphatic carbocycles. The number of hydrogen-bond donors (Lipinski definition) is 1. The molecule has 178 valence electrons. The number of amides is 2. The van der Waals surface area contributed by atoms with Crippen LogP contribution in [-0.2, 0) is 29.0 Å². The van der Waals surface area contributed by atoms with Crippen LogP contribution in [0, 0.1) is 12.8 Å². The molecule has 0 radical (unpaired) electrons. The van der Waals surface area contributed by atoms with Crippen LogP contribution in [0.3, 0.4) is 0 Å². The van der Waals surface area contributed by atoms with Crippen LogP contribution in [0.4, 0.5) is 0 Å². The van der Waals surface area contributed by atoms with Gasteiger partial charge in [0.2, 0.25) is 11.8 Å². The van der Waals surface area contributed by atoms with Crippen molar-refractivity contribution in [2.75, 3.05) is 6.54 Å². The van der Waals surface area contributed by atoms with Crippen molar-refractivity contribution in [1.82, 2.24) is 10.2 Å². The molecule has 4 nitrogen and oxygen atoms in total. The summed E-state index contributed by atoms with van der Waals surface area (Å²) >= 11 is 6.03. The maximum atomic E-state index is 13.7. The summed E-state index contributed by atoms with van der Waals surface area (Å²) in [7, 11) is 0. The zero-order chi connectivity index (χ0) is 24.5. The molecule has 3 aromatic carbocycles. The Morgan fingerprint density at radius 3 is 2.09 bits per heavy atom. The molecule has 0 aliphatic rings. The summed E-state index contributed by atoms with van der Waals surface area (Å²) in [6, 6.07) is 24.6. The average Bonchev–Trinajstić information content (AvgIpc) is 2.83. The highest BCUT2D eigenvalue weighted by Crippen LogP contribution is 2.18. The van der Waals surface area contributed by atoms with Gasteiger partial charge in [-0.05, 0) is 41.7 Å². The molecule has 1 atom stereocenters. The van der Waals surface area contributed by atoms with E-state index in [0.29, 0.717) is 30.5 Å². The molecule has 34 heavy (non-hydrogen) atoms. The molecule has 0 saturated carbocycles. The molecule has 0 saturated heterocycles. The van der Waals surface area contributed by atoms with Gasteiger partial charge < -0.3 is 10.2 Å². The average molecular weight is 477 g/mol. The van der Waals surface area contributed by atoms with E-state index in [1.807, 2.05) is 73.7 Å². The zero-order valence-corrected chi connectivity index (χ0v) is 20.9. The van der Waals surface area contributed by atoms with Crippen LogP contribution in [0.1, 0.15) is 36.1 Å². The van der Waals surface area contributed by atoms with Gasteiger partial charge in [0.1, 0.15) is 6.04 Å². The van der Waals surface area contributed by atoms with Gasteiger partial charge in [-0.1, -0.05) is 97.7 Å². The Hall–Kier alpha value is -3.11. The molecule has 0 spiro atoms. The topological polar surface area (TPSA) is 49.4 Å². The van der Waals surface area contributed by atoms with Crippen molar-refractivity contribution in [2.24, 2.45) is 5.92 Å². The molecule has 0 aromatic heterocycles. The number of nitrogens with one attached hydrogen (secondary N) is 1. The molecular formula is C29H33ClN2O2. The summed E-state index contributed by atoms with van der Waals surface area (Å²) in [4.78, 5) is 28.8. The fraction of sp³-hybridized carbons (Fsp3) is 0.310. The van der Waals surface area contributed by atoms with Gasteiger partial charge in [0.25, 0.3) is 0 Å². The van der Waals surface area contributed by atoms with Crippen LogP contribution in [0.2, 0.25) is 5.02 Å². The van der Waals surface area contributed by atoms with Crippen molar-refractivity contribution >= 4 is 23.4 Å². The Kier molecular flexibility index (Phi) is 9.29. The lowest BCUT2D eigenvalue weighted by atomic mass is 10.0. The fourth-order valence-electron chi connectivity index (χ4n) is 3.75. The Balaban J connectivity index is 1.93. The predicted octanol–water partition coefficient (Wildman–Crippen LogP) is 5.60. The first kappa shape index (κ1) is 25.5. The number of rotatable bonds is 10. The van der Waals surface area contributed by atoms with Crippen molar-refractivity contribution in [2.45, 2.75) is 46.2 Å². The summed E-state index contributed by atoms with van der Waals surface area (Å²) in [5.41, 5.74) is 4.02. The smallest absolute Gasteiger partial charge is 0.243 e. The Labute approximate surface area is 207 Å². The number of halogens is 1. The quantitative estimate of drug-likeness (QED) is 0.414. The minimum atomic E-state index is -0.623. The lowest BCUT2D eigenvalue weighted by Gasteiger charge is -2.32. The van der Waals surface area contributed by atoms with Gasteiger partial charge in [-0.3, -0.25) is 9.59 Å². The van der Waals surface area contributed by atoms with Crippen molar-refractivity contribution in [1.29, 1.82) is 0 Å². The number of carbonyl (C=O) groups is 2. The zero-order valence-electron chi connectivity index (χ0n) is 20.1.